The maximum atomic E-state index is 12.9. The molecule has 0 saturated heterocycles. The van der Waals surface area contributed by atoms with Crippen molar-refractivity contribution in [1.29, 1.82) is 0 Å². The van der Waals surface area contributed by atoms with Crippen LogP contribution in [-0.4, -0.2) is 47.7 Å². The Balaban J connectivity index is 1.71. The molecule has 1 aliphatic heterocycles. The lowest BCUT2D eigenvalue weighted by Gasteiger charge is -2.28. The average Bonchev–Trinajstić information content (AvgIpc) is 2.97. The third-order valence-electron chi connectivity index (χ3n) is 4.96. The number of nitrogens with one attached hydrogen (secondary N) is 1. The van der Waals surface area contributed by atoms with E-state index < -0.39 is 6.04 Å². The first-order valence-electron chi connectivity index (χ1n) is 9.03. The van der Waals surface area contributed by atoms with Crippen LogP contribution in [0.1, 0.15) is 38.8 Å². The number of likely N-dealkylation sites (N-methyl/N-ethyl adjacent to an activating group) is 1. The fourth-order valence-electron chi connectivity index (χ4n) is 3.40. The summed E-state index contributed by atoms with van der Waals surface area (Å²) in [6.45, 7) is 6.09. The Kier molecular flexibility index (Phi) is 5.31. The van der Waals surface area contributed by atoms with Gasteiger partial charge in [-0.1, -0.05) is 36.9 Å². The minimum atomic E-state index is -0.664. The van der Waals surface area contributed by atoms with Crippen LogP contribution in [0.5, 0.6) is 0 Å². The van der Waals surface area contributed by atoms with Crippen LogP contribution >= 0.6 is 0 Å². The van der Waals surface area contributed by atoms with E-state index in [1.807, 2.05) is 24.3 Å². The van der Waals surface area contributed by atoms with E-state index in [2.05, 4.69) is 11.9 Å². The first-order valence-corrected chi connectivity index (χ1v) is 9.03. The molecule has 0 bridgehead atoms. The predicted octanol–water partition coefficient (Wildman–Crippen LogP) is 2.52. The van der Waals surface area contributed by atoms with E-state index in [4.69, 9.17) is 0 Å². The molecule has 1 unspecified atom stereocenters. The zero-order valence-electron chi connectivity index (χ0n) is 16.2. The summed E-state index contributed by atoms with van der Waals surface area (Å²) in [4.78, 5) is 40.3. The van der Waals surface area contributed by atoms with Crippen molar-refractivity contribution in [3.05, 3.63) is 77.4 Å². The molecule has 1 heterocycles. The van der Waals surface area contributed by atoms with Crippen LogP contribution < -0.4 is 5.32 Å². The van der Waals surface area contributed by atoms with E-state index in [-0.39, 0.29) is 17.7 Å². The van der Waals surface area contributed by atoms with Gasteiger partial charge in [0.05, 0.1) is 0 Å². The Labute approximate surface area is 164 Å². The number of carbonyl (C=O) groups excluding carboxylic acids is 3. The van der Waals surface area contributed by atoms with Gasteiger partial charge >= 0.3 is 0 Å². The Morgan fingerprint density at radius 2 is 1.71 bits per heavy atom. The number of carbonyl (C=O) groups is 3. The van der Waals surface area contributed by atoms with E-state index in [1.54, 1.807) is 50.2 Å². The van der Waals surface area contributed by atoms with E-state index in [9.17, 15) is 14.4 Å². The molecule has 3 rings (SSSR count). The second kappa shape index (κ2) is 7.68. The summed E-state index contributed by atoms with van der Waals surface area (Å²) in [7, 11) is 3.28. The number of benzene rings is 2. The van der Waals surface area contributed by atoms with Crippen molar-refractivity contribution in [2.75, 3.05) is 14.1 Å². The molecule has 2 aromatic rings. The highest BCUT2D eigenvalue weighted by atomic mass is 16.2. The smallest absolute Gasteiger partial charge is 0.259 e. The molecular weight excluding hydrogens is 354 g/mol. The summed E-state index contributed by atoms with van der Waals surface area (Å²) >= 11 is 0. The van der Waals surface area contributed by atoms with Crippen molar-refractivity contribution in [1.82, 2.24) is 15.1 Å². The molecule has 0 spiro atoms. The van der Waals surface area contributed by atoms with Gasteiger partial charge in [0.15, 0.2) is 0 Å². The monoisotopic (exact) mass is 377 g/mol. The average molecular weight is 377 g/mol. The van der Waals surface area contributed by atoms with Crippen LogP contribution in [0, 0.1) is 0 Å². The van der Waals surface area contributed by atoms with Gasteiger partial charge in [0.1, 0.15) is 6.04 Å². The molecule has 6 nitrogen and oxygen atoms in total. The van der Waals surface area contributed by atoms with Gasteiger partial charge in [-0.05, 0) is 30.7 Å². The molecule has 1 atom stereocenters. The van der Waals surface area contributed by atoms with E-state index in [0.29, 0.717) is 23.4 Å². The maximum absolute atomic E-state index is 12.9. The normalized spacial score (nSPS) is 13.9. The molecule has 0 aromatic heterocycles. The molecule has 0 fully saturated rings. The molecule has 28 heavy (non-hydrogen) atoms. The van der Waals surface area contributed by atoms with Crippen molar-refractivity contribution < 1.29 is 14.4 Å². The lowest BCUT2D eigenvalue weighted by molar-refractivity contribution is -0.133. The number of nitrogens with zero attached hydrogens (tertiary/aromatic N) is 2. The van der Waals surface area contributed by atoms with E-state index >= 15 is 0 Å². The van der Waals surface area contributed by atoms with Gasteiger partial charge < -0.3 is 10.2 Å². The molecule has 0 saturated carbocycles. The number of amides is 3. The van der Waals surface area contributed by atoms with Crippen LogP contribution in [0.4, 0.5) is 0 Å². The largest absolute Gasteiger partial charge is 0.355 e. The highest BCUT2D eigenvalue weighted by molar-refractivity contribution is 6.10. The molecule has 144 valence electrons. The quantitative estimate of drug-likeness (QED) is 0.871. The summed E-state index contributed by atoms with van der Waals surface area (Å²) in [5.41, 5.74) is 3.33. The predicted molar refractivity (Wildman–Crippen MR) is 107 cm³/mol. The topological polar surface area (TPSA) is 69.7 Å². The Morgan fingerprint density at radius 3 is 2.29 bits per heavy atom. The fourth-order valence-corrected chi connectivity index (χ4v) is 3.40. The third kappa shape index (κ3) is 3.41. The lowest BCUT2D eigenvalue weighted by atomic mass is 10.1. The second-order valence-corrected chi connectivity index (χ2v) is 6.81. The zero-order chi connectivity index (χ0) is 20.4. The third-order valence-corrected chi connectivity index (χ3v) is 4.96. The molecule has 0 radical (unpaired) electrons. The number of hydrogen-bond acceptors (Lipinski definition) is 3. The minimum Gasteiger partial charge on any atom is -0.355 e. The molecule has 1 aliphatic rings. The molecule has 0 aliphatic carbocycles. The van der Waals surface area contributed by atoms with Crippen LogP contribution in [0.15, 0.2) is 55.1 Å². The molecule has 1 N–H and O–H groups in total. The van der Waals surface area contributed by atoms with Gasteiger partial charge in [-0.25, -0.2) is 0 Å². The van der Waals surface area contributed by atoms with Crippen LogP contribution in [0.25, 0.3) is 5.70 Å². The number of rotatable bonds is 5. The van der Waals surface area contributed by atoms with Crippen molar-refractivity contribution >= 4 is 23.4 Å². The highest BCUT2D eigenvalue weighted by Gasteiger charge is 2.37. The molecule has 6 heteroatoms. The maximum Gasteiger partial charge on any atom is 0.259 e. The second-order valence-electron chi connectivity index (χ2n) is 6.81. The standard InChI is InChI=1S/C22H23N3O3/c1-14-18-7-5-6-8-19(18)22(28)25(14)15(2)21(27)24(4)13-16-9-11-17(12-10-16)20(26)23-3/h5-12,15H,1,13H2,2-4H3,(H,23,26). The van der Waals surface area contributed by atoms with Crippen molar-refractivity contribution in [3.8, 4) is 0 Å². The van der Waals surface area contributed by atoms with E-state index in [1.165, 1.54) is 4.90 Å². The van der Waals surface area contributed by atoms with Crippen LogP contribution in [-0.2, 0) is 11.3 Å². The summed E-state index contributed by atoms with van der Waals surface area (Å²) in [6, 6.07) is 13.6. The SMILES string of the molecule is C=C1c2ccccc2C(=O)N1C(C)C(=O)N(C)Cc1ccc(C(=O)NC)cc1. The Bertz CT molecular complexity index is 915. The van der Waals surface area contributed by atoms with E-state index in [0.717, 1.165) is 11.1 Å². The number of hydrogen-bond donors (Lipinski definition) is 1. The molecular formula is C22H23N3O3. The van der Waals surface area contributed by atoms with Crippen LogP contribution in [0.2, 0.25) is 0 Å². The first kappa shape index (κ1) is 19.4. The van der Waals surface area contributed by atoms with Crippen LogP contribution in [0.3, 0.4) is 0 Å². The summed E-state index contributed by atoms with van der Waals surface area (Å²) in [6.07, 6.45) is 0. The van der Waals surface area contributed by atoms with Gasteiger partial charge in [-0.3, -0.25) is 19.3 Å². The zero-order valence-corrected chi connectivity index (χ0v) is 16.2. The molecule has 3 amide bonds. The summed E-state index contributed by atoms with van der Waals surface area (Å²) < 4.78 is 0. The van der Waals surface area contributed by atoms with Gasteiger partial charge in [0, 0.05) is 43.0 Å². The van der Waals surface area contributed by atoms with Crippen molar-refractivity contribution in [2.24, 2.45) is 0 Å². The Hall–Kier alpha value is -3.41. The highest BCUT2D eigenvalue weighted by Crippen LogP contribution is 2.33. The molecule has 2 aromatic carbocycles. The lowest BCUT2D eigenvalue weighted by Crippen LogP contribution is -2.45. The van der Waals surface area contributed by atoms with Gasteiger partial charge in [-0.2, -0.15) is 0 Å². The van der Waals surface area contributed by atoms with Gasteiger partial charge in [0.25, 0.3) is 11.8 Å². The summed E-state index contributed by atoms with van der Waals surface area (Å²) in [5, 5.41) is 2.57. The Morgan fingerprint density at radius 1 is 1.11 bits per heavy atom. The fraction of sp³-hybridized carbons (Fsp3) is 0.227. The summed E-state index contributed by atoms with van der Waals surface area (Å²) in [5.74, 6) is -0.544. The first-order chi connectivity index (χ1) is 13.3. The van der Waals surface area contributed by atoms with Gasteiger partial charge in [-0.15, -0.1) is 0 Å². The van der Waals surface area contributed by atoms with Crippen molar-refractivity contribution in [2.45, 2.75) is 19.5 Å². The minimum absolute atomic E-state index is 0.157. The van der Waals surface area contributed by atoms with Gasteiger partial charge in [0.2, 0.25) is 5.91 Å². The van der Waals surface area contributed by atoms with Crippen molar-refractivity contribution in [3.63, 3.8) is 0 Å². The number of fused-ring (bicyclic) bond motifs is 1.